The minimum atomic E-state index is -1.12. The van der Waals surface area contributed by atoms with Gasteiger partial charge in [-0.3, -0.25) is 13.8 Å². The molecule has 4 rings (SSSR count). The van der Waals surface area contributed by atoms with Crippen LogP contribution in [0.4, 0.5) is 33.5 Å². The Morgan fingerprint density at radius 1 is 0.857 bits per heavy atom. The van der Waals surface area contributed by atoms with Gasteiger partial charge in [0.1, 0.15) is 5.82 Å². The Morgan fingerprint density at radius 2 is 1.41 bits per heavy atom. The third-order valence-corrected chi connectivity index (χ3v) is 10.1. The van der Waals surface area contributed by atoms with Crippen molar-refractivity contribution in [2.75, 3.05) is 76.1 Å². The summed E-state index contributed by atoms with van der Waals surface area (Å²) in [5, 5.41) is 6.09. The molecular weight excluding hydrogens is 631 g/mol. The Morgan fingerprint density at radius 3 is 1.90 bits per heavy atom. The van der Waals surface area contributed by atoms with Gasteiger partial charge in [0.05, 0.1) is 66.8 Å². The number of hydrogen-bond acceptors (Lipinski definition) is 10. The Hall–Kier alpha value is -4.43. The van der Waals surface area contributed by atoms with E-state index in [9.17, 15) is 4.79 Å². The van der Waals surface area contributed by atoms with Crippen LogP contribution in [0.3, 0.4) is 0 Å². The average Bonchev–Trinajstić information content (AvgIpc) is 3.11. The molecule has 1 aliphatic rings. The zero-order chi connectivity index (χ0) is 36.1. The first kappa shape index (κ1) is 37.4. The number of nitrogens with zero attached hydrogens (tertiary/aromatic N) is 6. The van der Waals surface area contributed by atoms with E-state index >= 15 is 4.39 Å². The number of aromatic nitrogens is 3. The predicted molar refractivity (Wildman–Crippen MR) is 189 cm³/mol. The number of benzene rings is 1. The van der Waals surface area contributed by atoms with E-state index in [0.29, 0.717) is 49.3 Å². The van der Waals surface area contributed by atoms with Crippen LogP contribution in [-0.2, 0) is 4.79 Å². The molecule has 3 aromatic rings. The summed E-state index contributed by atoms with van der Waals surface area (Å²) in [5.74, 6) is 1.61. The Kier molecular flexibility index (Phi) is 11.4. The highest BCUT2D eigenvalue weighted by atomic mass is 19.1. The molecule has 0 aliphatic carbocycles. The number of rotatable bonds is 16. The SMILES string of the molecule is CC[N+](CC)(CC)C(N1C(=O)C(C)(C)Oc2ccc(Nc3nc(Nc4cc(OC)c(OC)c(OC)c4)ncc3F)nc21)[N+](CC)(CC)CC. The van der Waals surface area contributed by atoms with E-state index in [0.717, 1.165) is 45.5 Å². The summed E-state index contributed by atoms with van der Waals surface area (Å²) in [5.41, 5.74) is -0.586. The number of carbonyl (C=O) groups excluding carboxylic acids is 1. The summed E-state index contributed by atoms with van der Waals surface area (Å²) in [6.07, 6.45) is 0.790. The quantitative estimate of drug-likeness (QED) is 0.136. The topological polar surface area (TPSA) is 120 Å². The average molecular weight is 685 g/mol. The van der Waals surface area contributed by atoms with Crippen molar-refractivity contribution in [1.29, 1.82) is 0 Å². The van der Waals surface area contributed by atoms with Gasteiger partial charge in [-0.15, -0.1) is 0 Å². The first-order valence-corrected chi connectivity index (χ1v) is 17.0. The van der Waals surface area contributed by atoms with Crippen LogP contribution in [0.25, 0.3) is 0 Å². The van der Waals surface area contributed by atoms with Crippen LogP contribution in [0, 0.1) is 5.82 Å². The standard InChI is InChI=1S/C35H53FN8O5/c1-12-43(13-2,14-3)34(44(15-4,16-5)17-6)42-31-25(49-35(7,8)32(42)45)18-19-28(40-31)39-30-24(36)22-37-33(41-30)38-23-20-26(46-9)29(48-11)27(21-23)47-10/h18-22,34H,12-17H2,1-11H3,(H2,37,38,39,40,41)/q+2. The molecule has 268 valence electrons. The molecule has 0 fully saturated rings. The van der Waals surface area contributed by atoms with Crippen molar-refractivity contribution in [2.24, 2.45) is 0 Å². The molecule has 0 saturated carbocycles. The third-order valence-electron chi connectivity index (χ3n) is 10.1. The number of ether oxygens (including phenoxy) is 4. The highest BCUT2D eigenvalue weighted by Gasteiger charge is 2.58. The maximum atomic E-state index is 15.2. The minimum Gasteiger partial charge on any atom is -0.493 e. The molecule has 1 amide bonds. The second kappa shape index (κ2) is 15.0. The van der Waals surface area contributed by atoms with Crippen molar-refractivity contribution < 1.29 is 37.1 Å². The van der Waals surface area contributed by atoms with Crippen LogP contribution in [0.5, 0.6) is 23.0 Å². The van der Waals surface area contributed by atoms with Gasteiger partial charge < -0.3 is 29.6 Å². The number of nitrogens with one attached hydrogen (secondary N) is 2. The van der Waals surface area contributed by atoms with Crippen molar-refractivity contribution in [2.45, 2.75) is 67.3 Å². The van der Waals surface area contributed by atoms with Gasteiger partial charge >= 0.3 is 6.29 Å². The molecular formula is C35H53FN8O5+2. The number of methoxy groups -OCH3 is 3. The maximum absolute atomic E-state index is 15.2. The van der Waals surface area contributed by atoms with Crippen LogP contribution in [0.1, 0.15) is 55.4 Å². The molecule has 2 aromatic heterocycles. The second-order valence-electron chi connectivity index (χ2n) is 12.5. The zero-order valence-corrected chi connectivity index (χ0v) is 30.8. The molecule has 0 atom stereocenters. The van der Waals surface area contributed by atoms with E-state index in [-0.39, 0.29) is 24.0 Å². The third kappa shape index (κ3) is 6.89. The van der Waals surface area contributed by atoms with Crippen molar-refractivity contribution >= 4 is 35.0 Å². The number of carbonyl (C=O) groups is 1. The van der Waals surface area contributed by atoms with Crippen LogP contribution < -0.4 is 34.5 Å². The second-order valence-corrected chi connectivity index (χ2v) is 12.5. The van der Waals surface area contributed by atoms with Gasteiger partial charge in [-0.2, -0.15) is 9.88 Å². The summed E-state index contributed by atoms with van der Waals surface area (Å²) in [7, 11) is 4.55. The van der Waals surface area contributed by atoms with E-state index in [1.54, 1.807) is 38.1 Å². The normalized spacial score (nSPS) is 14.3. The summed E-state index contributed by atoms with van der Waals surface area (Å²) in [6.45, 7) is 21.6. The lowest BCUT2D eigenvalue weighted by atomic mass is 10.0. The highest BCUT2D eigenvalue weighted by Crippen LogP contribution is 2.43. The largest absolute Gasteiger partial charge is 0.493 e. The fraction of sp³-hybridized carbons (Fsp3) is 0.543. The maximum Gasteiger partial charge on any atom is 0.307 e. The number of quaternary nitrogens is 2. The van der Waals surface area contributed by atoms with Crippen LogP contribution in [0.2, 0.25) is 0 Å². The summed E-state index contributed by atoms with van der Waals surface area (Å²) < 4.78 is 39.2. The van der Waals surface area contributed by atoms with E-state index in [1.165, 1.54) is 21.3 Å². The van der Waals surface area contributed by atoms with Gasteiger partial charge in [0.15, 0.2) is 40.3 Å². The summed E-state index contributed by atoms with van der Waals surface area (Å²) in [4.78, 5) is 29.8. The summed E-state index contributed by atoms with van der Waals surface area (Å²) >= 11 is 0. The minimum absolute atomic E-state index is 0.106. The van der Waals surface area contributed by atoms with Crippen molar-refractivity contribution in [3.05, 3.63) is 36.3 Å². The Balaban J connectivity index is 1.80. The predicted octanol–water partition coefficient (Wildman–Crippen LogP) is 6.06. The van der Waals surface area contributed by atoms with Crippen molar-refractivity contribution in [3.8, 4) is 23.0 Å². The van der Waals surface area contributed by atoms with E-state index in [1.807, 2.05) is 4.90 Å². The molecule has 1 aromatic carbocycles. The van der Waals surface area contributed by atoms with Gasteiger partial charge in [0.25, 0.3) is 5.91 Å². The monoisotopic (exact) mass is 684 g/mol. The highest BCUT2D eigenvalue weighted by molar-refractivity contribution is 6.01. The van der Waals surface area contributed by atoms with Crippen molar-refractivity contribution in [1.82, 2.24) is 15.0 Å². The lowest BCUT2D eigenvalue weighted by Gasteiger charge is -2.56. The fourth-order valence-electron chi connectivity index (χ4n) is 6.93. The number of amides is 1. The van der Waals surface area contributed by atoms with Gasteiger partial charge in [0, 0.05) is 17.8 Å². The molecule has 0 spiro atoms. The van der Waals surface area contributed by atoms with Crippen LogP contribution >= 0.6 is 0 Å². The van der Waals surface area contributed by atoms with Gasteiger partial charge in [0.2, 0.25) is 11.7 Å². The fourth-order valence-corrected chi connectivity index (χ4v) is 6.93. The van der Waals surface area contributed by atoms with E-state index in [2.05, 4.69) is 62.1 Å². The molecule has 0 radical (unpaired) electrons. The van der Waals surface area contributed by atoms with Gasteiger partial charge in [-0.05, 0) is 67.5 Å². The number of halogens is 1. The van der Waals surface area contributed by atoms with Crippen LogP contribution in [0.15, 0.2) is 30.5 Å². The summed E-state index contributed by atoms with van der Waals surface area (Å²) in [6, 6.07) is 6.85. The molecule has 49 heavy (non-hydrogen) atoms. The van der Waals surface area contributed by atoms with E-state index < -0.39 is 11.4 Å². The molecule has 0 bridgehead atoms. The molecule has 1 aliphatic heterocycles. The number of anilines is 5. The van der Waals surface area contributed by atoms with Crippen molar-refractivity contribution in [3.63, 3.8) is 0 Å². The number of pyridine rings is 1. The van der Waals surface area contributed by atoms with Gasteiger partial charge in [-0.1, -0.05) is 0 Å². The smallest absolute Gasteiger partial charge is 0.307 e. The number of hydrogen-bond donors (Lipinski definition) is 2. The lowest BCUT2D eigenvalue weighted by molar-refractivity contribution is -1.13. The lowest BCUT2D eigenvalue weighted by Crippen LogP contribution is -2.78. The van der Waals surface area contributed by atoms with Gasteiger partial charge in [-0.25, -0.2) is 14.4 Å². The Bertz CT molecular complexity index is 1570. The number of fused-ring (bicyclic) bond motifs is 1. The molecule has 3 heterocycles. The zero-order valence-electron chi connectivity index (χ0n) is 30.8. The van der Waals surface area contributed by atoms with E-state index in [4.69, 9.17) is 23.9 Å². The first-order chi connectivity index (χ1) is 23.4. The Labute approximate surface area is 289 Å². The molecule has 2 N–H and O–H groups in total. The molecule has 14 heteroatoms. The molecule has 0 saturated heterocycles. The molecule has 13 nitrogen and oxygen atoms in total. The van der Waals surface area contributed by atoms with Crippen LogP contribution in [-0.4, -0.2) is 102 Å². The first-order valence-electron chi connectivity index (χ1n) is 17.0. The molecule has 0 unspecified atom stereocenters.